The van der Waals surface area contributed by atoms with E-state index in [0.29, 0.717) is 12.5 Å². The maximum absolute atomic E-state index is 11.1. The summed E-state index contributed by atoms with van der Waals surface area (Å²) < 4.78 is 6.04. The maximum Gasteiger partial charge on any atom is 0.221 e. The fourth-order valence-corrected chi connectivity index (χ4v) is 2.14. The van der Waals surface area contributed by atoms with Crippen LogP contribution >= 0.6 is 0 Å². The second-order valence-corrected chi connectivity index (χ2v) is 5.82. The van der Waals surface area contributed by atoms with Crippen molar-refractivity contribution in [2.75, 3.05) is 11.9 Å². The minimum atomic E-state index is -0.0775. The van der Waals surface area contributed by atoms with Gasteiger partial charge >= 0.3 is 0 Å². The van der Waals surface area contributed by atoms with E-state index in [1.807, 2.05) is 24.3 Å². The lowest BCUT2D eigenvalue weighted by atomic mass is 10.1. The molecule has 0 bridgehead atoms. The number of nitrogens with one attached hydrogen (secondary N) is 2. The Bertz CT molecular complexity index is 498. The molecule has 0 aromatic heterocycles. The standard InChI is InChI=1S/C18H28N2O2/c1-6-7-16-12-17(20-15(5)21)8-9-18(16)22-14(4)10-11-19-13(2)3/h6,8-9,12-14,19H,1,7,10-11H2,2-5H3,(H,20,21). The van der Waals surface area contributed by atoms with Crippen LogP contribution in [0, 0.1) is 0 Å². The average Bonchev–Trinajstić information content (AvgIpc) is 2.41. The Labute approximate surface area is 133 Å². The Morgan fingerprint density at radius 2 is 2.09 bits per heavy atom. The normalized spacial score (nSPS) is 12.0. The van der Waals surface area contributed by atoms with Gasteiger partial charge < -0.3 is 15.4 Å². The molecule has 1 aromatic carbocycles. The van der Waals surface area contributed by atoms with Crippen molar-refractivity contribution in [1.29, 1.82) is 0 Å². The van der Waals surface area contributed by atoms with Crippen LogP contribution in [0.3, 0.4) is 0 Å². The summed E-state index contributed by atoms with van der Waals surface area (Å²) in [5.74, 6) is 0.775. The predicted octanol–water partition coefficient (Wildman–Crippen LogP) is 3.53. The third-order valence-corrected chi connectivity index (χ3v) is 3.18. The second kappa shape index (κ2) is 9.26. The van der Waals surface area contributed by atoms with E-state index in [-0.39, 0.29) is 12.0 Å². The molecule has 4 heteroatoms. The average molecular weight is 304 g/mol. The molecule has 1 amide bonds. The van der Waals surface area contributed by atoms with Crippen molar-refractivity contribution in [1.82, 2.24) is 5.32 Å². The number of hydrogen-bond acceptors (Lipinski definition) is 3. The molecule has 1 rings (SSSR count). The second-order valence-electron chi connectivity index (χ2n) is 5.82. The zero-order chi connectivity index (χ0) is 16.5. The van der Waals surface area contributed by atoms with Gasteiger partial charge in [-0.25, -0.2) is 0 Å². The maximum atomic E-state index is 11.1. The molecule has 0 spiro atoms. The van der Waals surface area contributed by atoms with Crippen molar-refractivity contribution in [3.8, 4) is 5.75 Å². The van der Waals surface area contributed by atoms with E-state index in [2.05, 4.69) is 38.0 Å². The molecule has 2 N–H and O–H groups in total. The molecule has 4 nitrogen and oxygen atoms in total. The van der Waals surface area contributed by atoms with Gasteiger partial charge in [-0.05, 0) is 50.1 Å². The molecule has 0 aliphatic rings. The van der Waals surface area contributed by atoms with Crippen molar-refractivity contribution in [3.05, 3.63) is 36.4 Å². The first-order valence-electron chi connectivity index (χ1n) is 7.83. The zero-order valence-corrected chi connectivity index (χ0v) is 14.1. The number of amides is 1. The first kappa shape index (κ1) is 18.2. The number of rotatable bonds is 9. The third-order valence-electron chi connectivity index (χ3n) is 3.18. The van der Waals surface area contributed by atoms with Gasteiger partial charge in [0, 0.05) is 18.7 Å². The van der Waals surface area contributed by atoms with E-state index in [1.54, 1.807) is 0 Å². The highest BCUT2D eigenvalue weighted by Crippen LogP contribution is 2.25. The van der Waals surface area contributed by atoms with Crippen molar-refractivity contribution < 1.29 is 9.53 Å². The predicted molar refractivity (Wildman–Crippen MR) is 92.5 cm³/mol. The van der Waals surface area contributed by atoms with Crippen LogP contribution in [0.15, 0.2) is 30.9 Å². The van der Waals surface area contributed by atoms with Crippen LogP contribution in [0.5, 0.6) is 5.75 Å². The fraction of sp³-hybridized carbons (Fsp3) is 0.500. The lowest BCUT2D eigenvalue weighted by molar-refractivity contribution is -0.114. The number of carbonyl (C=O) groups excluding carboxylic acids is 1. The van der Waals surface area contributed by atoms with Gasteiger partial charge in [0.2, 0.25) is 5.91 Å². The van der Waals surface area contributed by atoms with Crippen LogP contribution in [-0.4, -0.2) is 24.6 Å². The Hall–Kier alpha value is -1.81. The van der Waals surface area contributed by atoms with Crippen LogP contribution < -0.4 is 15.4 Å². The van der Waals surface area contributed by atoms with Crippen molar-refractivity contribution in [2.45, 2.75) is 52.7 Å². The van der Waals surface area contributed by atoms with Gasteiger partial charge in [0.15, 0.2) is 0 Å². The number of allylic oxidation sites excluding steroid dienone is 1. The summed E-state index contributed by atoms with van der Waals surface area (Å²) in [4.78, 5) is 11.1. The minimum absolute atomic E-state index is 0.0775. The topological polar surface area (TPSA) is 50.4 Å². The summed E-state index contributed by atoms with van der Waals surface area (Å²) in [7, 11) is 0. The number of anilines is 1. The molecule has 0 saturated carbocycles. The first-order chi connectivity index (χ1) is 10.4. The molecule has 1 atom stereocenters. The zero-order valence-electron chi connectivity index (χ0n) is 14.1. The Kier molecular flexibility index (Phi) is 7.67. The minimum Gasteiger partial charge on any atom is -0.490 e. The van der Waals surface area contributed by atoms with Gasteiger partial charge in [0.1, 0.15) is 5.75 Å². The molecule has 122 valence electrons. The van der Waals surface area contributed by atoms with Gasteiger partial charge in [-0.3, -0.25) is 4.79 Å². The SMILES string of the molecule is C=CCc1cc(NC(C)=O)ccc1OC(C)CCNC(C)C. The Balaban J connectivity index is 2.71. The highest BCUT2D eigenvalue weighted by molar-refractivity contribution is 5.88. The Morgan fingerprint density at radius 1 is 1.36 bits per heavy atom. The highest BCUT2D eigenvalue weighted by Gasteiger charge is 2.09. The fourth-order valence-electron chi connectivity index (χ4n) is 2.14. The third kappa shape index (κ3) is 6.76. The highest BCUT2D eigenvalue weighted by atomic mass is 16.5. The van der Waals surface area contributed by atoms with E-state index in [4.69, 9.17) is 4.74 Å². The van der Waals surface area contributed by atoms with E-state index >= 15 is 0 Å². The van der Waals surface area contributed by atoms with Gasteiger partial charge in [-0.1, -0.05) is 19.9 Å². The van der Waals surface area contributed by atoms with Crippen LogP contribution in [0.1, 0.15) is 39.7 Å². The number of ether oxygens (including phenoxy) is 1. The number of carbonyl (C=O) groups is 1. The van der Waals surface area contributed by atoms with Crippen molar-refractivity contribution >= 4 is 11.6 Å². The largest absolute Gasteiger partial charge is 0.490 e. The van der Waals surface area contributed by atoms with Crippen molar-refractivity contribution in [2.24, 2.45) is 0 Å². The van der Waals surface area contributed by atoms with Gasteiger partial charge in [-0.15, -0.1) is 6.58 Å². The monoisotopic (exact) mass is 304 g/mol. The number of benzene rings is 1. The molecule has 1 unspecified atom stereocenters. The summed E-state index contributed by atoms with van der Waals surface area (Å²) in [6.45, 7) is 12.6. The van der Waals surface area contributed by atoms with Crippen LogP contribution in [0.4, 0.5) is 5.69 Å². The molecule has 0 aliphatic heterocycles. The molecule has 0 radical (unpaired) electrons. The lowest BCUT2D eigenvalue weighted by Gasteiger charge is -2.19. The quantitative estimate of drug-likeness (QED) is 0.686. The lowest BCUT2D eigenvalue weighted by Crippen LogP contribution is -2.27. The molecule has 22 heavy (non-hydrogen) atoms. The smallest absolute Gasteiger partial charge is 0.221 e. The molecular formula is C18H28N2O2. The van der Waals surface area contributed by atoms with Crippen LogP contribution in [0.2, 0.25) is 0 Å². The molecule has 0 fully saturated rings. The van der Waals surface area contributed by atoms with Gasteiger partial charge in [-0.2, -0.15) is 0 Å². The molecule has 0 heterocycles. The van der Waals surface area contributed by atoms with Crippen LogP contribution in [-0.2, 0) is 11.2 Å². The summed E-state index contributed by atoms with van der Waals surface area (Å²) >= 11 is 0. The first-order valence-corrected chi connectivity index (χ1v) is 7.83. The number of hydrogen-bond donors (Lipinski definition) is 2. The van der Waals surface area contributed by atoms with E-state index in [9.17, 15) is 4.79 Å². The van der Waals surface area contributed by atoms with E-state index < -0.39 is 0 Å². The van der Waals surface area contributed by atoms with Crippen LogP contribution in [0.25, 0.3) is 0 Å². The van der Waals surface area contributed by atoms with E-state index in [1.165, 1.54) is 6.92 Å². The Morgan fingerprint density at radius 3 is 2.68 bits per heavy atom. The summed E-state index contributed by atoms with van der Waals surface area (Å²) in [6.07, 6.45) is 3.62. The van der Waals surface area contributed by atoms with Gasteiger partial charge in [0.25, 0.3) is 0 Å². The molecule has 0 aliphatic carbocycles. The van der Waals surface area contributed by atoms with Gasteiger partial charge in [0.05, 0.1) is 6.10 Å². The molecular weight excluding hydrogens is 276 g/mol. The summed E-state index contributed by atoms with van der Waals surface area (Å²) in [5, 5.41) is 6.18. The molecule has 1 aromatic rings. The molecule has 0 saturated heterocycles. The van der Waals surface area contributed by atoms with E-state index in [0.717, 1.165) is 30.0 Å². The summed E-state index contributed by atoms with van der Waals surface area (Å²) in [6, 6.07) is 6.21. The van der Waals surface area contributed by atoms with Crippen molar-refractivity contribution in [3.63, 3.8) is 0 Å². The summed E-state index contributed by atoms with van der Waals surface area (Å²) in [5.41, 5.74) is 1.82.